The normalized spacial score (nSPS) is 15.7. The van der Waals surface area contributed by atoms with E-state index in [4.69, 9.17) is 4.74 Å². The van der Waals surface area contributed by atoms with E-state index in [0.29, 0.717) is 0 Å². The zero-order valence-electron chi connectivity index (χ0n) is 13.1. The van der Waals surface area contributed by atoms with E-state index in [1.807, 2.05) is 36.4 Å². The van der Waals surface area contributed by atoms with Crippen molar-refractivity contribution in [1.29, 1.82) is 0 Å². The molecule has 3 rings (SSSR count). The third-order valence-corrected chi connectivity index (χ3v) is 4.67. The first-order valence-electron chi connectivity index (χ1n) is 7.33. The highest BCUT2D eigenvalue weighted by molar-refractivity contribution is 8.03. The van der Waals surface area contributed by atoms with Gasteiger partial charge in [0.05, 0.1) is 23.5 Å². The molecule has 0 bridgehead atoms. The van der Waals surface area contributed by atoms with Crippen molar-refractivity contribution in [2.45, 2.75) is 4.90 Å². The summed E-state index contributed by atoms with van der Waals surface area (Å²) in [5.74, 6) is 0.812. The van der Waals surface area contributed by atoms with E-state index in [-0.39, 0.29) is 0 Å². The lowest BCUT2D eigenvalue weighted by Crippen LogP contribution is -2.08. The van der Waals surface area contributed by atoms with Crippen LogP contribution >= 0.6 is 11.8 Å². The van der Waals surface area contributed by atoms with Crippen LogP contribution in [0.2, 0.25) is 0 Å². The van der Waals surface area contributed by atoms with Crippen molar-refractivity contribution in [1.82, 2.24) is 0 Å². The Morgan fingerprint density at radius 1 is 1.09 bits per heavy atom. The minimum atomic E-state index is 0.812. The summed E-state index contributed by atoms with van der Waals surface area (Å²) in [7, 11) is 3.74. The van der Waals surface area contributed by atoms with Crippen LogP contribution in [0.3, 0.4) is 0 Å². The second kappa shape index (κ2) is 7.20. The maximum Gasteiger partial charge on any atom is 0.121 e. The smallest absolute Gasteiger partial charge is 0.121 e. The highest BCUT2D eigenvalue weighted by Gasteiger charge is 2.20. The third-order valence-electron chi connectivity index (χ3n) is 3.48. The number of ether oxygens (including phenoxy) is 1. The van der Waals surface area contributed by atoms with Gasteiger partial charge >= 0.3 is 0 Å². The van der Waals surface area contributed by atoms with Crippen LogP contribution in [0.25, 0.3) is 0 Å². The van der Waals surface area contributed by atoms with Gasteiger partial charge < -0.3 is 9.64 Å². The monoisotopic (exact) mass is 322 g/mol. The Kier molecular flexibility index (Phi) is 4.83. The molecule has 4 heteroatoms. The molecule has 0 atom stereocenters. The molecule has 2 aromatic rings. The maximum absolute atomic E-state index is 5.18. The lowest BCUT2D eigenvalue weighted by Gasteiger charge is -2.12. The molecule has 1 aliphatic heterocycles. The zero-order valence-corrected chi connectivity index (χ0v) is 14.0. The molecule has 2 aromatic carbocycles. The van der Waals surface area contributed by atoms with Gasteiger partial charge in [-0.05, 0) is 36.4 Å². The molecule has 0 N–H and O–H groups in total. The van der Waals surface area contributed by atoms with Gasteiger partial charge in [-0.25, -0.2) is 0 Å². The van der Waals surface area contributed by atoms with Crippen molar-refractivity contribution in [3.8, 4) is 5.75 Å². The summed E-state index contributed by atoms with van der Waals surface area (Å²) < 4.78 is 5.18. The molecular formula is C19H18N2OS. The van der Waals surface area contributed by atoms with Gasteiger partial charge in [0.1, 0.15) is 5.75 Å². The predicted molar refractivity (Wildman–Crippen MR) is 99.1 cm³/mol. The number of hydrogen-bond donors (Lipinski definition) is 0. The minimum Gasteiger partial charge on any atom is -0.497 e. The highest BCUT2D eigenvalue weighted by Crippen LogP contribution is 2.44. The summed E-state index contributed by atoms with van der Waals surface area (Å²) >= 11 is 1.78. The van der Waals surface area contributed by atoms with Crippen molar-refractivity contribution in [3.05, 3.63) is 71.8 Å². The molecule has 0 radical (unpaired) electrons. The van der Waals surface area contributed by atoms with Crippen LogP contribution in [0.4, 0.5) is 11.4 Å². The van der Waals surface area contributed by atoms with E-state index >= 15 is 0 Å². The average Bonchev–Trinajstić information content (AvgIpc) is 2.91. The molecule has 0 aliphatic carbocycles. The van der Waals surface area contributed by atoms with Crippen LogP contribution in [0.15, 0.2) is 81.7 Å². The summed E-state index contributed by atoms with van der Waals surface area (Å²) in [6.07, 6.45) is 7.83. The van der Waals surface area contributed by atoms with E-state index in [9.17, 15) is 0 Å². The Morgan fingerprint density at radius 2 is 1.96 bits per heavy atom. The summed E-state index contributed by atoms with van der Waals surface area (Å²) in [4.78, 5) is 7.89. The van der Waals surface area contributed by atoms with Crippen molar-refractivity contribution in [3.63, 3.8) is 0 Å². The Morgan fingerprint density at radius 3 is 2.78 bits per heavy atom. The number of rotatable bonds is 4. The quantitative estimate of drug-likeness (QED) is 0.737. The van der Waals surface area contributed by atoms with Crippen LogP contribution in [-0.4, -0.2) is 20.4 Å². The molecule has 0 spiro atoms. The molecule has 1 heterocycles. The van der Waals surface area contributed by atoms with Crippen LogP contribution in [-0.2, 0) is 0 Å². The van der Waals surface area contributed by atoms with Crippen molar-refractivity contribution < 1.29 is 4.74 Å². The standard InChI is InChI=1S/C19H18N2OS/c1-21-17-10-3-4-11-18(17)23-19(21)12-5-6-13-20-15-8-7-9-16(14-15)22-2/h3-14H,1-2H3. The summed E-state index contributed by atoms with van der Waals surface area (Å²) in [5, 5.41) is 1.21. The highest BCUT2D eigenvalue weighted by atomic mass is 32.2. The molecule has 0 amide bonds. The molecule has 116 valence electrons. The fourth-order valence-corrected chi connectivity index (χ4v) is 3.34. The Labute approximate surface area is 141 Å². The Bertz CT molecular complexity index is 780. The van der Waals surface area contributed by atoms with Crippen molar-refractivity contribution in [2.75, 3.05) is 19.1 Å². The van der Waals surface area contributed by atoms with Gasteiger partial charge in [0, 0.05) is 24.2 Å². The van der Waals surface area contributed by atoms with Gasteiger partial charge in [-0.3, -0.25) is 4.99 Å². The fraction of sp³-hybridized carbons (Fsp3) is 0.105. The van der Waals surface area contributed by atoms with Gasteiger partial charge in [0.25, 0.3) is 0 Å². The first-order valence-corrected chi connectivity index (χ1v) is 8.15. The minimum absolute atomic E-state index is 0.812. The van der Waals surface area contributed by atoms with Gasteiger partial charge in [-0.2, -0.15) is 0 Å². The molecule has 0 saturated carbocycles. The molecule has 0 fully saturated rings. The number of thioether (sulfide) groups is 1. The van der Waals surface area contributed by atoms with Crippen molar-refractivity contribution in [2.24, 2.45) is 4.99 Å². The lowest BCUT2D eigenvalue weighted by atomic mass is 10.3. The van der Waals surface area contributed by atoms with Crippen molar-refractivity contribution >= 4 is 29.4 Å². The number of allylic oxidation sites excluding steroid dienone is 3. The van der Waals surface area contributed by atoms with Gasteiger partial charge in [-0.15, -0.1) is 0 Å². The van der Waals surface area contributed by atoms with E-state index in [1.165, 1.54) is 15.6 Å². The number of aliphatic imine (C=N–C) groups is 1. The van der Waals surface area contributed by atoms with Crippen LogP contribution in [0, 0.1) is 0 Å². The van der Waals surface area contributed by atoms with Gasteiger partial charge in [0.2, 0.25) is 0 Å². The van der Waals surface area contributed by atoms with Crippen LogP contribution in [0.5, 0.6) is 5.75 Å². The van der Waals surface area contributed by atoms with E-state index < -0.39 is 0 Å². The lowest BCUT2D eigenvalue weighted by molar-refractivity contribution is 0.415. The summed E-state index contributed by atoms with van der Waals surface area (Å²) in [6, 6.07) is 16.1. The number of benzene rings is 2. The van der Waals surface area contributed by atoms with E-state index in [1.54, 1.807) is 25.1 Å². The molecular weight excluding hydrogens is 304 g/mol. The number of methoxy groups -OCH3 is 1. The first kappa shape index (κ1) is 15.4. The number of para-hydroxylation sites is 1. The SMILES string of the molecule is COc1cccc(N=CC=CC=C2Sc3ccccc3N2C)c1. The number of nitrogens with zero attached hydrogens (tertiary/aromatic N) is 2. The first-order chi connectivity index (χ1) is 11.3. The summed E-state index contributed by atoms with van der Waals surface area (Å²) in [5.41, 5.74) is 2.13. The maximum atomic E-state index is 5.18. The average molecular weight is 322 g/mol. The van der Waals surface area contributed by atoms with Crippen LogP contribution < -0.4 is 9.64 Å². The second-order valence-electron chi connectivity index (χ2n) is 5.00. The molecule has 0 aromatic heterocycles. The fourth-order valence-electron chi connectivity index (χ4n) is 2.27. The predicted octanol–water partition coefficient (Wildman–Crippen LogP) is 5.04. The zero-order chi connectivity index (χ0) is 16.1. The Balaban J connectivity index is 1.64. The molecule has 23 heavy (non-hydrogen) atoms. The third kappa shape index (κ3) is 3.66. The van der Waals surface area contributed by atoms with Gasteiger partial charge in [0.15, 0.2) is 0 Å². The largest absolute Gasteiger partial charge is 0.497 e. The molecule has 0 unspecified atom stereocenters. The molecule has 0 saturated heterocycles. The van der Waals surface area contributed by atoms with Gasteiger partial charge in [-0.1, -0.05) is 36.0 Å². The van der Waals surface area contributed by atoms with E-state index in [2.05, 4.69) is 47.3 Å². The number of fused-ring (bicyclic) bond motifs is 1. The van der Waals surface area contributed by atoms with E-state index in [0.717, 1.165) is 11.4 Å². The second-order valence-corrected chi connectivity index (χ2v) is 6.06. The Hall–Kier alpha value is -2.46. The van der Waals surface area contributed by atoms with Crippen LogP contribution in [0.1, 0.15) is 0 Å². The summed E-state index contributed by atoms with van der Waals surface area (Å²) in [6.45, 7) is 0. The number of hydrogen-bond acceptors (Lipinski definition) is 4. The molecule has 1 aliphatic rings. The number of anilines is 1. The molecule has 3 nitrogen and oxygen atoms in total. The topological polar surface area (TPSA) is 24.8 Å².